The number of aromatic nitrogens is 1. The van der Waals surface area contributed by atoms with E-state index < -0.39 is 17.9 Å². The molecular formula is C15H20N4O5. The van der Waals surface area contributed by atoms with E-state index in [2.05, 4.69) is 10.3 Å². The van der Waals surface area contributed by atoms with Gasteiger partial charge in [0.25, 0.3) is 5.91 Å². The third-order valence-corrected chi connectivity index (χ3v) is 3.56. The minimum absolute atomic E-state index is 0.0299. The Morgan fingerprint density at radius 3 is 2.88 bits per heavy atom. The number of hydrogen-bond acceptors (Lipinski definition) is 5. The molecule has 1 aromatic rings. The van der Waals surface area contributed by atoms with Crippen LogP contribution in [0.3, 0.4) is 0 Å². The lowest BCUT2D eigenvalue weighted by Gasteiger charge is -2.32. The van der Waals surface area contributed by atoms with Gasteiger partial charge in [0.1, 0.15) is 0 Å². The van der Waals surface area contributed by atoms with Crippen LogP contribution >= 0.6 is 0 Å². The molecule has 1 aromatic heterocycles. The zero-order valence-electron chi connectivity index (χ0n) is 13.6. The molecule has 0 spiro atoms. The topological polar surface area (TPSA) is 112 Å². The first-order valence-corrected chi connectivity index (χ1v) is 7.41. The molecule has 130 valence electrons. The first-order valence-electron chi connectivity index (χ1n) is 7.41. The number of carbonyl (C=O) groups is 3. The maximum atomic E-state index is 12.6. The van der Waals surface area contributed by atoms with Gasteiger partial charge in [0.05, 0.1) is 25.5 Å². The molecule has 0 saturated carbocycles. The van der Waals surface area contributed by atoms with Crippen molar-refractivity contribution >= 4 is 17.9 Å². The van der Waals surface area contributed by atoms with Crippen LogP contribution in [0.5, 0.6) is 0 Å². The van der Waals surface area contributed by atoms with Crippen LogP contribution in [0.15, 0.2) is 18.3 Å². The van der Waals surface area contributed by atoms with Gasteiger partial charge in [-0.05, 0) is 12.1 Å². The second-order valence-corrected chi connectivity index (χ2v) is 5.52. The molecule has 1 fully saturated rings. The van der Waals surface area contributed by atoms with Crippen molar-refractivity contribution in [3.63, 3.8) is 0 Å². The SMILES string of the molecule is CN(C)C(=O)NCc1cc(C(=O)N2CCOCC2C(=O)O)ccn1. The number of nitrogens with zero attached hydrogens (tertiary/aromatic N) is 3. The van der Waals surface area contributed by atoms with Crippen molar-refractivity contribution in [2.45, 2.75) is 12.6 Å². The van der Waals surface area contributed by atoms with Crippen molar-refractivity contribution in [3.05, 3.63) is 29.6 Å². The summed E-state index contributed by atoms with van der Waals surface area (Å²) in [5, 5.41) is 11.9. The van der Waals surface area contributed by atoms with Gasteiger partial charge in [0, 0.05) is 32.4 Å². The molecule has 1 atom stereocenters. The summed E-state index contributed by atoms with van der Waals surface area (Å²) in [5.74, 6) is -1.50. The summed E-state index contributed by atoms with van der Waals surface area (Å²) in [6.45, 7) is 0.651. The van der Waals surface area contributed by atoms with E-state index in [1.54, 1.807) is 20.2 Å². The van der Waals surface area contributed by atoms with Crippen LogP contribution in [0, 0.1) is 0 Å². The summed E-state index contributed by atoms with van der Waals surface area (Å²) < 4.78 is 5.13. The standard InChI is InChI=1S/C15H20N4O5/c1-18(2)15(23)17-8-11-7-10(3-4-16-11)13(20)19-5-6-24-9-12(19)14(21)22/h3-4,7,12H,5-6,8-9H2,1-2H3,(H,17,23)(H,21,22). The van der Waals surface area contributed by atoms with E-state index in [1.807, 2.05) is 0 Å². The second-order valence-electron chi connectivity index (χ2n) is 5.52. The minimum atomic E-state index is -1.10. The van der Waals surface area contributed by atoms with Crippen molar-refractivity contribution in [1.82, 2.24) is 20.1 Å². The maximum Gasteiger partial charge on any atom is 0.328 e. The molecule has 1 saturated heterocycles. The van der Waals surface area contributed by atoms with Crippen LogP contribution in [-0.2, 0) is 16.1 Å². The molecule has 0 radical (unpaired) electrons. The molecule has 9 nitrogen and oxygen atoms in total. The number of hydrogen-bond donors (Lipinski definition) is 2. The lowest BCUT2D eigenvalue weighted by molar-refractivity contribution is -0.147. The van der Waals surface area contributed by atoms with Crippen LogP contribution in [0.2, 0.25) is 0 Å². The van der Waals surface area contributed by atoms with Gasteiger partial charge in [-0.25, -0.2) is 9.59 Å². The van der Waals surface area contributed by atoms with Gasteiger partial charge in [-0.15, -0.1) is 0 Å². The van der Waals surface area contributed by atoms with E-state index >= 15 is 0 Å². The van der Waals surface area contributed by atoms with Crippen LogP contribution in [0.25, 0.3) is 0 Å². The van der Waals surface area contributed by atoms with Gasteiger partial charge in [-0.2, -0.15) is 0 Å². The Morgan fingerprint density at radius 1 is 1.46 bits per heavy atom. The van der Waals surface area contributed by atoms with E-state index in [0.717, 1.165) is 0 Å². The molecule has 1 aliphatic heterocycles. The number of carboxylic acids is 1. The number of carbonyl (C=O) groups excluding carboxylic acids is 2. The first kappa shape index (κ1) is 17.7. The molecule has 0 aromatic carbocycles. The third-order valence-electron chi connectivity index (χ3n) is 3.56. The zero-order chi connectivity index (χ0) is 17.7. The van der Waals surface area contributed by atoms with E-state index in [9.17, 15) is 19.5 Å². The average molecular weight is 336 g/mol. The van der Waals surface area contributed by atoms with Crippen molar-refractivity contribution in [2.75, 3.05) is 33.9 Å². The van der Waals surface area contributed by atoms with Gasteiger partial charge >= 0.3 is 12.0 Å². The van der Waals surface area contributed by atoms with Gasteiger partial charge in [0.15, 0.2) is 6.04 Å². The summed E-state index contributed by atoms with van der Waals surface area (Å²) in [6, 6.07) is 1.80. The largest absolute Gasteiger partial charge is 0.480 e. The molecule has 9 heteroatoms. The molecule has 0 bridgehead atoms. The normalized spacial score (nSPS) is 17.2. The summed E-state index contributed by atoms with van der Waals surface area (Å²) in [6.07, 6.45) is 1.46. The highest BCUT2D eigenvalue weighted by Gasteiger charge is 2.33. The number of urea groups is 1. The lowest BCUT2D eigenvalue weighted by atomic mass is 10.1. The number of rotatable bonds is 4. The number of aliphatic carboxylic acids is 1. The number of amides is 3. The summed E-state index contributed by atoms with van der Waals surface area (Å²) in [4.78, 5) is 42.2. The Balaban J connectivity index is 2.10. The molecular weight excluding hydrogens is 316 g/mol. The molecule has 2 heterocycles. The quantitative estimate of drug-likeness (QED) is 0.786. The summed E-state index contributed by atoms with van der Waals surface area (Å²) in [5.41, 5.74) is 0.837. The maximum absolute atomic E-state index is 12.6. The number of ether oxygens (including phenoxy) is 1. The van der Waals surface area contributed by atoms with E-state index in [1.165, 1.54) is 22.1 Å². The van der Waals surface area contributed by atoms with Gasteiger partial charge in [-0.3, -0.25) is 9.78 Å². The molecule has 1 unspecified atom stereocenters. The Bertz CT molecular complexity index is 634. The van der Waals surface area contributed by atoms with Crippen LogP contribution in [0.4, 0.5) is 4.79 Å². The lowest BCUT2D eigenvalue weighted by Crippen LogP contribution is -2.52. The van der Waals surface area contributed by atoms with Crippen molar-refractivity contribution in [3.8, 4) is 0 Å². The Kier molecular flexibility index (Phi) is 5.69. The zero-order valence-corrected chi connectivity index (χ0v) is 13.6. The second kappa shape index (κ2) is 7.73. The van der Waals surface area contributed by atoms with E-state index in [4.69, 9.17) is 4.74 Å². The van der Waals surface area contributed by atoms with Crippen LogP contribution in [-0.4, -0.2) is 77.7 Å². The highest BCUT2D eigenvalue weighted by Crippen LogP contribution is 2.13. The van der Waals surface area contributed by atoms with Crippen molar-refractivity contribution in [2.24, 2.45) is 0 Å². The molecule has 24 heavy (non-hydrogen) atoms. The van der Waals surface area contributed by atoms with E-state index in [0.29, 0.717) is 17.9 Å². The first-order chi connectivity index (χ1) is 11.4. The Labute approximate surface area is 139 Å². The fourth-order valence-electron chi connectivity index (χ4n) is 2.25. The number of morpholine rings is 1. The smallest absolute Gasteiger partial charge is 0.328 e. The minimum Gasteiger partial charge on any atom is -0.480 e. The molecule has 2 rings (SSSR count). The average Bonchev–Trinajstić information content (AvgIpc) is 2.59. The highest BCUT2D eigenvalue weighted by molar-refractivity contribution is 5.96. The predicted octanol–water partition coefficient (Wildman–Crippen LogP) is -0.222. The van der Waals surface area contributed by atoms with E-state index in [-0.39, 0.29) is 25.7 Å². The molecule has 3 amide bonds. The monoisotopic (exact) mass is 336 g/mol. The summed E-state index contributed by atoms with van der Waals surface area (Å²) in [7, 11) is 3.24. The predicted molar refractivity (Wildman–Crippen MR) is 83.4 cm³/mol. The fourth-order valence-corrected chi connectivity index (χ4v) is 2.25. The van der Waals surface area contributed by atoms with Gasteiger partial charge in [0.2, 0.25) is 0 Å². The third kappa shape index (κ3) is 4.19. The van der Waals surface area contributed by atoms with Gasteiger partial charge < -0.3 is 25.0 Å². The van der Waals surface area contributed by atoms with Gasteiger partial charge in [-0.1, -0.05) is 0 Å². The molecule has 2 N–H and O–H groups in total. The fraction of sp³-hybridized carbons (Fsp3) is 0.467. The summed E-state index contributed by atoms with van der Waals surface area (Å²) >= 11 is 0. The molecule has 0 aliphatic carbocycles. The van der Waals surface area contributed by atoms with Crippen molar-refractivity contribution in [1.29, 1.82) is 0 Å². The number of nitrogens with one attached hydrogen (secondary N) is 1. The van der Waals surface area contributed by atoms with Crippen LogP contribution in [0.1, 0.15) is 16.1 Å². The van der Waals surface area contributed by atoms with Crippen molar-refractivity contribution < 1.29 is 24.2 Å². The molecule has 1 aliphatic rings. The Morgan fingerprint density at radius 2 is 2.21 bits per heavy atom. The Hall–Kier alpha value is -2.68. The van der Waals surface area contributed by atoms with Crippen LogP contribution < -0.4 is 5.32 Å². The highest BCUT2D eigenvalue weighted by atomic mass is 16.5. The number of pyridine rings is 1. The number of carboxylic acid groups (broad SMARTS) is 1.